The van der Waals surface area contributed by atoms with Gasteiger partial charge in [-0.1, -0.05) is 19.9 Å². The highest BCUT2D eigenvalue weighted by atomic mass is 16.7. The maximum Gasteiger partial charge on any atom is 0.189 e. The Hall–Kier alpha value is -1.26. The maximum absolute atomic E-state index is 5.75. The lowest BCUT2D eigenvalue weighted by Gasteiger charge is -2.15. The van der Waals surface area contributed by atoms with E-state index in [1.54, 1.807) is 7.11 Å². The molecule has 0 radical (unpaired) electrons. The number of benzene rings is 1. The SMILES string of the molecule is COc1ccc(CNC(C)C)c(OCOCC2CC2)c1. The van der Waals surface area contributed by atoms with Crippen molar-refractivity contribution in [1.82, 2.24) is 5.32 Å². The molecule has 0 aromatic heterocycles. The van der Waals surface area contributed by atoms with Gasteiger partial charge in [0.2, 0.25) is 0 Å². The van der Waals surface area contributed by atoms with E-state index in [2.05, 4.69) is 19.2 Å². The minimum absolute atomic E-state index is 0.304. The van der Waals surface area contributed by atoms with Crippen LogP contribution in [0.15, 0.2) is 18.2 Å². The van der Waals surface area contributed by atoms with Crippen molar-refractivity contribution in [1.29, 1.82) is 0 Å². The van der Waals surface area contributed by atoms with Crippen LogP contribution in [0, 0.1) is 5.92 Å². The van der Waals surface area contributed by atoms with Gasteiger partial charge in [0.1, 0.15) is 11.5 Å². The zero-order chi connectivity index (χ0) is 14.4. The number of hydrogen-bond acceptors (Lipinski definition) is 4. The van der Waals surface area contributed by atoms with Crippen molar-refractivity contribution in [2.45, 2.75) is 39.3 Å². The Bertz CT molecular complexity index is 416. The van der Waals surface area contributed by atoms with Crippen LogP contribution in [0.25, 0.3) is 0 Å². The number of hydrogen-bond donors (Lipinski definition) is 1. The van der Waals surface area contributed by atoms with Crippen LogP contribution in [0.2, 0.25) is 0 Å². The molecule has 20 heavy (non-hydrogen) atoms. The van der Waals surface area contributed by atoms with Crippen molar-refractivity contribution in [3.63, 3.8) is 0 Å². The highest BCUT2D eigenvalue weighted by Crippen LogP contribution is 2.29. The van der Waals surface area contributed by atoms with Crippen molar-refractivity contribution < 1.29 is 14.2 Å². The second kappa shape index (κ2) is 7.50. The van der Waals surface area contributed by atoms with Crippen LogP contribution in [0.4, 0.5) is 0 Å². The van der Waals surface area contributed by atoms with Gasteiger partial charge in [0.15, 0.2) is 6.79 Å². The summed E-state index contributed by atoms with van der Waals surface area (Å²) in [6.45, 7) is 6.15. The fourth-order valence-corrected chi connectivity index (χ4v) is 1.86. The molecule has 0 saturated heterocycles. The molecule has 0 heterocycles. The van der Waals surface area contributed by atoms with Gasteiger partial charge < -0.3 is 19.5 Å². The molecule has 1 aromatic carbocycles. The minimum Gasteiger partial charge on any atom is -0.497 e. The summed E-state index contributed by atoms with van der Waals surface area (Å²) in [6.07, 6.45) is 2.59. The Kier molecular flexibility index (Phi) is 5.68. The monoisotopic (exact) mass is 279 g/mol. The van der Waals surface area contributed by atoms with Gasteiger partial charge in [-0.15, -0.1) is 0 Å². The Morgan fingerprint density at radius 1 is 1.30 bits per heavy atom. The molecule has 1 aromatic rings. The van der Waals surface area contributed by atoms with Gasteiger partial charge in [0.25, 0.3) is 0 Å². The zero-order valence-electron chi connectivity index (χ0n) is 12.6. The molecule has 1 aliphatic carbocycles. The van der Waals surface area contributed by atoms with Crippen molar-refractivity contribution >= 4 is 0 Å². The molecule has 0 bridgehead atoms. The first kappa shape index (κ1) is 15.1. The summed E-state index contributed by atoms with van der Waals surface area (Å²) in [5.74, 6) is 2.38. The molecule has 1 saturated carbocycles. The fourth-order valence-electron chi connectivity index (χ4n) is 1.86. The standard InChI is InChI=1S/C16H25NO3/c1-12(2)17-9-14-6-7-15(18-3)8-16(14)20-11-19-10-13-4-5-13/h6-8,12-13,17H,4-5,9-11H2,1-3H3. The Labute approximate surface area is 121 Å². The smallest absolute Gasteiger partial charge is 0.189 e. The topological polar surface area (TPSA) is 39.7 Å². The van der Waals surface area contributed by atoms with Crippen LogP contribution < -0.4 is 14.8 Å². The van der Waals surface area contributed by atoms with Crippen molar-refractivity contribution in [2.75, 3.05) is 20.5 Å². The molecule has 112 valence electrons. The van der Waals surface area contributed by atoms with E-state index in [4.69, 9.17) is 14.2 Å². The van der Waals surface area contributed by atoms with Crippen LogP contribution in [0.3, 0.4) is 0 Å². The van der Waals surface area contributed by atoms with Crippen LogP contribution >= 0.6 is 0 Å². The molecule has 0 aliphatic heterocycles. The van der Waals surface area contributed by atoms with Gasteiger partial charge in [-0.2, -0.15) is 0 Å². The molecule has 0 amide bonds. The number of methoxy groups -OCH3 is 1. The van der Waals surface area contributed by atoms with E-state index in [9.17, 15) is 0 Å². The quantitative estimate of drug-likeness (QED) is 0.557. The van der Waals surface area contributed by atoms with Gasteiger partial charge in [-0.05, 0) is 24.8 Å². The van der Waals surface area contributed by atoms with E-state index in [1.807, 2.05) is 18.2 Å². The average Bonchev–Trinajstić information content (AvgIpc) is 3.26. The van der Waals surface area contributed by atoms with E-state index in [0.717, 1.165) is 36.1 Å². The van der Waals surface area contributed by atoms with E-state index < -0.39 is 0 Å². The third kappa shape index (κ3) is 5.02. The second-order valence-electron chi connectivity index (χ2n) is 5.59. The predicted molar refractivity (Wildman–Crippen MR) is 79.1 cm³/mol. The first-order chi connectivity index (χ1) is 9.69. The number of rotatable bonds is 9. The summed E-state index contributed by atoms with van der Waals surface area (Å²) in [6, 6.07) is 6.34. The molecule has 1 fully saturated rings. The van der Waals surface area contributed by atoms with Crippen LogP contribution in [-0.2, 0) is 11.3 Å². The summed E-state index contributed by atoms with van der Waals surface area (Å²) < 4.78 is 16.5. The lowest BCUT2D eigenvalue weighted by atomic mass is 10.2. The molecule has 0 atom stereocenters. The summed E-state index contributed by atoms with van der Waals surface area (Å²) in [4.78, 5) is 0. The maximum atomic E-state index is 5.75. The van der Waals surface area contributed by atoms with Crippen molar-refractivity contribution in [2.24, 2.45) is 5.92 Å². The molecule has 0 unspecified atom stereocenters. The van der Waals surface area contributed by atoms with Gasteiger partial charge in [0.05, 0.1) is 13.7 Å². The summed E-state index contributed by atoms with van der Waals surface area (Å²) in [5, 5.41) is 3.40. The molecule has 4 heteroatoms. The number of nitrogens with one attached hydrogen (secondary N) is 1. The first-order valence-corrected chi connectivity index (χ1v) is 7.30. The van der Waals surface area contributed by atoms with E-state index >= 15 is 0 Å². The summed E-state index contributed by atoms with van der Waals surface area (Å²) in [7, 11) is 1.66. The molecular weight excluding hydrogens is 254 g/mol. The molecular formula is C16H25NO3. The minimum atomic E-state index is 0.304. The highest BCUT2D eigenvalue weighted by molar-refractivity contribution is 5.40. The van der Waals surface area contributed by atoms with E-state index in [-0.39, 0.29) is 0 Å². The Balaban J connectivity index is 1.90. The average molecular weight is 279 g/mol. The fraction of sp³-hybridized carbons (Fsp3) is 0.625. The number of ether oxygens (including phenoxy) is 3. The first-order valence-electron chi connectivity index (χ1n) is 7.30. The Morgan fingerprint density at radius 3 is 2.75 bits per heavy atom. The lowest BCUT2D eigenvalue weighted by molar-refractivity contribution is 0.00931. The van der Waals surface area contributed by atoms with Gasteiger partial charge >= 0.3 is 0 Å². The van der Waals surface area contributed by atoms with Crippen molar-refractivity contribution in [3.05, 3.63) is 23.8 Å². The lowest BCUT2D eigenvalue weighted by Crippen LogP contribution is -2.22. The summed E-state index contributed by atoms with van der Waals surface area (Å²) >= 11 is 0. The molecule has 1 N–H and O–H groups in total. The van der Waals surface area contributed by atoms with Crippen LogP contribution in [-0.4, -0.2) is 26.6 Å². The van der Waals surface area contributed by atoms with Gasteiger partial charge in [-0.25, -0.2) is 0 Å². The zero-order valence-corrected chi connectivity index (χ0v) is 12.6. The molecule has 4 nitrogen and oxygen atoms in total. The van der Waals surface area contributed by atoms with Crippen LogP contribution in [0.5, 0.6) is 11.5 Å². The molecule has 2 rings (SSSR count). The van der Waals surface area contributed by atoms with Crippen molar-refractivity contribution in [3.8, 4) is 11.5 Å². The predicted octanol–water partition coefficient (Wildman–Crippen LogP) is 2.96. The Morgan fingerprint density at radius 2 is 2.10 bits per heavy atom. The normalized spacial score (nSPS) is 14.6. The second-order valence-corrected chi connectivity index (χ2v) is 5.59. The van der Waals surface area contributed by atoms with E-state index in [0.29, 0.717) is 12.8 Å². The van der Waals surface area contributed by atoms with Gasteiger partial charge in [0, 0.05) is 24.2 Å². The summed E-state index contributed by atoms with van der Waals surface area (Å²) in [5.41, 5.74) is 1.12. The molecule has 0 spiro atoms. The third-order valence-electron chi connectivity index (χ3n) is 3.32. The molecule has 1 aliphatic rings. The van der Waals surface area contributed by atoms with E-state index in [1.165, 1.54) is 12.8 Å². The third-order valence-corrected chi connectivity index (χ3v) is 3.32. The van der Waals surface area contributed by atoms with Gasteiger partial charge in [-0.3, -0.25) is 0 Å². The largest absolute Gasteiger partial charge is 0.497 e. The highest BCUT2D eigenvalue weighted by Gasteiger charge is 2.21. The van der Waals surface area contributed by atoms with Crippen LogP contribution in [0.1, 0.15) is 32.3 Å².